The van der Waals surface area contributed by atoms with Gasteiger partial charge in [-0.2, -0.15) is 0 Å². The highest BCUT2D eigenvalue weighted by molar-refractivity contribution is 5.97. The monoisotopic (exact) mass is 382 g/mol. The fraction of sp³-hybridized carbons (Fsp3) is 0.238. The van der Waals surface area contributed by atoms with Crippen LogP contribution in [0, 0.1) is 11.8 Å². The molecule has 0 aliphatic carbocycles. The lowest BCUT2D eigenvalue weighted by atomic mass is 10.1. The van der Waals surface area contributed by atoms with E-state index < -0.39 is 24.0 Å². The van der Waals surface area contributed by atoms with Crippen molar-refractivity contribution in [2.75, 3.05) is 19.5 Å². The third-order valence-corrected chi connectivity index (χ3v) is 3.80. The van der Waals surface area contributed by atoms with Gasteiger partial charge >= 0.3 is 5.97 Å². The zero-order chi connectivity index (χ0) is 20.5. The Hall–Kier alpha value is -3.50. The van der Waals surface area contributed by atoms with Gasteiger partial charge in [0.25, 0.3) is 5.91 Å². The molecule has 0 aliphatic heterocycles. The second kappa shape index (κ2) is 10.00. The van der Waals surface area contributed by atoms with Gasteiger partial charge < -0.3 is 25.6 Å². The molecule has 1 amide bonds. The topological polar surface area (TPSA) is 111 Å². The van der Waals surface area contributed by atoms with Crippen molar-refractivity contribution in [3.8, 4) is 17.6 Å². The first-order valence-electron chi connectivity index (χ1n) is 8.54. The van der Waals surface area contributed by atoms with E-state index in [9.17, 15) is 14.7 Å². The average Bonchev–Trinajstić information content (AvgIpc) is 2.70. The molecule has 7 nitrogen and oxygen atoms in total. The minimum atomic E-state index is -1.14. The molecular formula is C21H22N2O5. The number of anilines is 1. The number of nitrogen functional groups attached to an aromatic ring is 1. The van der Waals surface area contributed by atoms with Gasteiger partial charge in [0.05, 0.1) is 13.2 Å². The lowest BCUT2D eigenvalue weighted by Gasteiger charge is -2.18. The van der Waals surface area contributed by atoms with Crippen LogP contribution in [-0.2, 0) is 9.53 Å². The Bertz CT molecular complexity index is 864. The highest BCUT2D eigenvalue weighted by Crippen LogP contribution is 2.12. The van der Waals surface area contributed by atoms with Gasteiger partial charge in [0, 0.05) is 16.8 Å². The van der Waals surface area contributed by atoms with Crippen LogP contribution in [0.1, 0.15) is 22.8 Å². The molecule has 2 aromatic rings. The zero-order valence-corrected chi connectivity index (χ0v) is 15.6. The van der Waals surface area contributed by atoms with E-state index in [1.807, 2.05) is 0 Å². The summed E-state index contributed by atoms with van der Waals surface area (Å²) in [4.78, 5) is 23.8. The summed E-state index contributed by atoms with van der Waals surface area (Å²) in [5, 5.41) is 12.1. The highest BCUT2D eigenvalue weighted by Gasteiger charge is 2.26. The predicted molar refractivity (Wildman–Crippen MR) is 105 cm³/mol. The van der Waals surface area contributed by atoms with Gasteiger partial charge in [-0.05, 0) is 55.5 Å². The third kappa shape index (κ3) is 6.04. The number of aliphatic hydroxyl groups is 1. The molecule has 0 saturated heterocycles. The Morgan fingerprint density at radius 3 is 2.36 bits per heavy atom. The van der Waals surface area contributed by atoms with Crippen molar-refractivity contribution < 1.29 is 24.2 Å². The molecule has 0 spiro atoms. The van der Waals surface area contributed by atoms with Crippen molar-refractivity contribution in [3.63, 3.8) is 0 Å². The highest BCUT2D eigenvalue weighted by atomic mass is 16.5. The summed E-state index contributed by atoms with van der Waals surface area (Å²) in [6.45, 7) is 1.61. The molecule has 2 atom stereocenters. The number of rotatable bonds is 6. The minimum Gasteiger partial charge on any atom is -0.481 e. The van der Waals surface area contributed by atoms with Gasteiger partial charge in [0.1, 0.15) is 12.4 Å². The number of nitrogens with two attached hydrogens (primary N) is 1. The maximum Gasteiger partial charge on any atom is 0.331 e. The number of methoxy groups -OCH3 is 1. The number of carbonyl (C=O) groups excluding carboxylic acids is 2. The number of hydrogen-bond acceptors (Lipinski definition) is 6. The van der Waals surface area contributed by atoms with E-state index in [0.29, 0.717) is 22.6 Å². The van der Waals surface area contributed by atoms with E-state index in [2.05, 4.69) is 21.9 Å². The average molecular weight is 382 g/mol. The molecule has 146 valence electrons. The van der Waals surface area contributed by atoms with E-state index in [1.54, 1.807) is 48.5 Å². The quantitative estimate of drug-likeness (QED) is 0.395. The van der Waals surface area contributed by atoms with Crippen LogP contribution < -0.4 is 15.8 Å². The van der Waals surface area contributed by atoms with Crippen molar-refractivity contribution in [1.82, 2.24) is 5.32 Å². The second-order valence-electron chi connectivity index (χ2n) is 5.95. The molecule has 0 unspecified atom stereocenters. The largest absolute Gasteiger partial charge is 0.481 e. The summed E-state index contributed by atoms with van der Waals surface area (Å²) < 4.78 is 10.1. The summed E-state index contributed by atoms with van der Waals surface area (Å²) in [5.41, 5.74) is 7.31. The van der Waals surface area contributed by atoms with Crippen LogP contribution in [0.25, 0.3) is 0 Å². The third-order valence-electron chi connectivity index (χ3n) is 3.80. The number of nitrogens with one attached hydrogen (secondary N) is 1. The molecule has 0 heterocycles. The van der Waals surface area contributed by atoms with Gasteiger partial charge in [0.15, 0.2) is 6.04 Å². The number of hydrogen-bond donors (Lipinski definition) is 3. The molecule has 0 fully saturated rings. The fourth-order valence-electron chi connectivity index (χ4n) is 2.25. The van der Waals surface area contributed by atoms with E-state index >= 15 is 0 Å². The van der Waals surface area contributed by atoms with Crippen LogP contribution in [0.2, 0.25) is 0 Å². The van der Waals surface area contributed by atoms with Crippen LogP contribution >= 0.6 is 0 Å². The molecule has 0 radical (unpaired) electrons. The first-order valence-corrected chi connectivity index (χ1v) is 8.54. The second-order valence-corrected chi connectivity index (χ2v) is 5.95. The normalized spacial score (nSPS) is 12.1. The van der Waals surface area contributed by atoms with Crippen LogP contribution in [0.15, 0.2) is 48.5 Å². The van der Waals surface area contributed by atoms with Crippen LogP contribution in [0.3, 0.4) is 0 Å². The smallest absolute Gasteiger partial charge is 0.331 e. The van der Waals surface area contributed by atoms with Gasteiger partial charge in [-0.25, -0.2) is 4.79 Å². The molecule has 0 bridgehead atoms. The van der Waals surface area contributed by atoms with E-state index in [1.165, 1.54) is 14.0 Å². The van der Waals surface area contributed by atoms with Crippen molar-refractivity contribution in [2.45, 2.75) is 19.1 Å². The van der Waals surface area contributed by atoms with Crippen molar-refractivity contribution in [1.29, 1.82) is 0 Å². The molecule has 2 rings (SSSR count). The van der Waals surface area contributed by atoms with Gasteiger partial charge in [0.2, 0.25) is 0 Å². The lowest BCUT2D eigenvalue weighted by molar-refractivity contribution is -0.145. The van der Waals surface area contributed by atoms with E-state index in [0.717, 1.165) is 0 Å². The Labute approximate surface area is 163 Å². The maximum atomic E-state index is 12.2. The molecule has 0 aromatic heterocycles. The summed E-state index contributed by atoms with van der Waals surface area (Å²) in [6, 6.07) is 12.4. The number of amides is 1. The summed E-state index contributed by atoms with van der Waals surface area (Å²) >= 11 is 0. The number of benzene rings is 2. The van der Waals surface area contributed by atoms with Crippen LogP contribution in [0.4, 0.5) is 5.69 Å². The molecule has 28 heavy (non-hydrogen) atoms. The summed E-state index contributed by atoms with van der Waals surface area (Å²) in [6.07, 6.45) is -1.08. The molecule has 0 saturated carbocycles. The molecule has 4 N–H and O–H groups in total. The fourth-order valence-corrected chi connectivity index (χ4v) is 2.25. The zero-order valence-electron chi connectivity index (χ0n) is 15.6. The Kier molecular flexibility index (Phi) is 7.43. The van der Waals surface area contributed by atoms with Crippen LogP contribution in [-0.4, -0.2) is 42.8 Å². The summed E-state index contributed by atoms with van der Waals surface area (Å²) in [7, 11) is 1.19. The minimum absolute atomic E-state index is 0.210. The number of carbonyl (C=O) groups is 2. The molecular weight excluding hydrogens is 360 g/mol. The Morgan fingerprint density at radius 2 is 1.79 bits per heavy atom. The van der Waals surface area contributed by atoms with Gasteiger partial charge in [-0.1, -0.05) is 11.8 Å². The number of esters is 1. The van der Waals surface area contributed by atoms with Crippen LogP contribution in [0.5, 0.6) is 5.75 Å². The van der Waals surface area contributed by atoms with Crippen molar-refractivity contribution in [2.24, 2.45) is 0 Å². The summed E-state index contributed by atoms with van der Waals surface area (Å²) in [5.74, 6) is 5.28. The molecule has 2 aromatic carbocycles. The Balaban J connectivity index is 1.93. The van der Waals surface area contributed by atoms with E-state index in [-0.39, 0.29) is 6.61 Å². The number of aliphatic hydroxyl groups excluding tert-OH is 1. The van der Waals surface area contributed by atoms with Crippen molar-refractivity contribution >= 4 is 17.6 Å². The molecule has 7 heteroatoms. The molecule has 0 aliphatic rings. The maximum absolute atomic E-state index is 12.2. The first kappa shape index (κ1) is 20.8. The van der Waals surface area contributed by atoms with Crippen molar-refractivity contribution in [3.05, 3.63) is 59.7 Å². The Morgan fingerprint density at radius 1 is 1.14 bits per heavy atom. The number of ether oxygens (including phenoxy) is 2. The SMILES string of the molecule is COC(=O)[C@@H](NC(=O)c1ccc(C#CCOc2ccc(N)cc2)cc1)[C@@H](C)O. The first-order chi connectivity index (χ1) is 13.4. The standard InChI is InChI=1S/C21H22N2O5/c1-14(24)19(21(26)27-2)23-20(25)16-7-5-15(6-8-16)4-3-13-28-18-11-9-17(22)10-12-18/h5-12,14,19,24H,13,22H2,1-2H3,(H,23,25)/t14-,19+/m1/s1. The predicted octanol–water partition coefficient (Wildman–Crippen LogP) is 1.35. The lowest BCUT2D eigenvalue weighted by Crippen LogP contribution is -2.48. The van der Waals surface area contributed by atoms with E-state index in [4.69, 9.17) is 10.5 Å². The van der Waals surface area contributed by atoms with Gasteiger partial charge in [-0.3, -0.25) is 4.79 Å². The van der Waals surface area contributed by atoms with Gasteiger partial charge in [-0.15, -0.1) is 0 Å².